The lowest BCUT2D eigenvalue weighted by Gasteiger charge is -2.28. The van der Waals surface area contributed by atoms with Crippen LogP contribution in [0.1, 0.15) is 12.5 Å². The second-order valence-electron chi connectivity index (χ2n) is 14.9. The SMILES string of the molecule is CC12C=CC=CC1Oc1c(-c3cccc4oc5ccccc5c34)ccc(-c3nc(-c4ccc5ccccc5c4)nc(-c4cccc5c4sc4ccccc45)n3)c12. The van der Waals surface area contributed by atoms with Crippen molar-refractivity contribution < 1.29 is 9.15 Å². The number of furan rings is 1. The number of aromatic nitrogens is 3. The molecule has 10 aromatic rings. The molecule has 4 heterocycles. The van der Waals surface area contributed by atoms with Crippen LogP contribution in [0.4, 0.5) is 0 Å². The van der Waals surface area contributed by atoms with Crippen LogP contribution in [0.2, 0.25) is 0 Å². The standard InChI is InChI=1S/C50H31N3O2S/c1-50-27-9-8-22-42(50)55-45-34(33-16-11-20-40-43(33)36-15-4-6-19-39(36)54-40)25-26-37(44(45)50)48-51-47(31-24-23-29-12-2-3-13-30(29)28-31)52-49(53-48)38-18-10-17-35-32-14-5-7-21-41(32)56-46(35)38/h2-28,42H,1H3. The number of benzene rings is 7. The van der Waals surface area contributed by atoms with Crippen molar-refractivity contribution in [1.29, 1.82) is 0 Å². The van der Waals surface area contributed by atoms with Crippen molar-refractivity contribution in [2.24, 2.45) is 0 Å². The van der Waals surface area contributed by atoms with Gasteiger partial charge in [0, 0.05) is 58.8 Å². The summed E-state index contributed by atoms with van der Waals surface area (Å²) in [6.07, 6.45) is 8.41. The highest BCUT2D eigenvalue weighted by Gasteiger charge is 2.46. The van der Waals surface area contributed by atoms with E-state index < -0.39 is 5.41 Å². The zero-order valence-corrected chi connectivity index (χ0v) is 31.0. The molecule has 2 aliphatic rings. The highest BCUT2D eigenvalue weighted by molar-refractivity contribution is 7.26. The summed E-state index contributed by atoms with van der Waals surface area (Å²) < 4.78 is 15.8. The maximum absolute atomic E-state index is 7.03. The Morgan fingerprint density at radius 1 is 0.571 bits per heavy atom. The summed E-state index contributed by atoms with van der Waals surface area (Å²) in [5.74, 6) is 2.72. The fourth-order valence-corrected chi connectivity index (χ4v) is 10.1. The lowest BCUT2D eigenvalue weighted by atomic mass is 9.74. The minimum absolute atomic E-state index is 0.198. The van der Waals surface area contributed by atoms with Crippen molar-refractivity contribution in [3.05, 3.63) is 169 Å². The van der Waals surface area contributed by atoms with Crippen LogP contribution < -0.4 is 4.74 Å². The molecule has 2 atom stereocenters. The third-order valence-corrected chi connectivity index (χ3v) is 12.8. The van der Waals surface area contributed by atoms with E-state index in [2.05, 4.69) is 153 Å². The van der Waals surface area contributed by atoms with Crippen LogP contribution in [-0.2, 0) is 5.41 Å². The van der Waals surface area contributed by atoms with Gasteiger partial charge in [0.25, 0.3) is 0 Å². The van der Waals surface area contributed by atoms with E-state index in [1.807, 2.05) is 18.2 Å². The molecule has 0 bridgehead atoms. The van der Waals surface area contributed by atoms with Crippen molar-refractivity contribution in [3.8, 4) is 51.0 Å². The molecule has 264 valence electrons. The Balaban J connectivity index is 1.14. The van der Waals surface area contributed by atoms with Crippen molar-refractivity contribution in [3.63, 3.8) is 0 Å². The van der Waals surface area contributed by atoms with Crippen molar-refractivity contribution >= 4 is 64.2 Å². The van der Waals surface area contributed by atoms with Gasteiger partial charge < -0.3 is 9.15 Å². The molecule has 0 spiro atoms. The monoisotopic (exact) mass is 737 g/mol. The Bertz CT molecular complexity index is 3340. The minimum Gasteiger partial charge on any atom is -0.484 e. The second-order valence-corrected chi connectivity index (χ2v) is 15.9. The summed E-state index contributed by atoms with van der Waals surface area (Å²) >= 11 is 1.78. The Morgan fingerprint density at radius 2 is 1.29 bits per heavy atom. The largest absolute Gasteiger partial charge is 0.484 e. The fourth-order valence-electron chi connectivity index (χ4n) is 8.86. The van der Waals surface area contributed by atoms with E-state index in [1.54, 1.807) is 11.3 Å². The number of fused-ring (bicyclic) bond motifs is 10. The topological polar surface area (TPSA) is 61.0 Å². The number of hydrogen-bond donors (Lipinski definition) is 0. The average molecular weight is 738 g/mol. The Hall–Kier alpha value is -6.89. The fraction of sp³-hybridized carbons (Fsp3) is 0.0600. The molecule has 5 nitrogen and oxygen atoms in total. The van der Waals surface area contributed by atoms with Gasteiger partial charge in [0.2, 0.25) is 0 Å². The number of thiophene rings is 1. The third-order valence-electron chi connectivity index (χ3n) is 11.6. The molecule has 6 heteroatoms. The number of allylic oxidation sites excluding steroid dienone is 2. The maximum Gasteiger partial charge on any atom is 0.165 e. The van der Waals surface area contributed by atoms with Gasteiger partial charge in [0.1, 0.15) is 23.0 Å². The predicted molar refractivity (Wildman–Crippen MR) is 229 cm³/mol. The highest BCUT2D eigenvalue weighted by atomic mass is 32.1. The molecule has 2 unspecified atom stereocenters. The highest BCUT2D eigenvalue weighted by Crippen LogP contribution is 2.55. The summed E-state index contributed by atoms with van der Waals surface area (Å²) in [6, 6.07) is 48.7. The third kappa shape index (κ3) is 4.57. The average Bonchev–Trinajstić information content (AvgIpc) is 3.92. The Kier molecular flexibility index (Phi) is 6.63. The van der Waals surface area contributed by atoms with Crippen LogP contribution in [0.25, 0.3) is 98.2 Å². The van der Waals surface area contributed by atoms with Crippen LogP contribution in [0, 0.1) is 0 Å². The Morgan fingerprint density at radius 3 is 2.21 bits per heavy atom. The molecule has 12 rings (SSSR count). The van der Waals surface area contributed by atoms with Crippen molar-refractivity contribution in [2.75, 3.05) is 0 Å². The number of nitrogens with zero attached hydrogens (tertiary/aromatic N) is 3. The molecule has 3 aromatic heterocycles. The van der Waals surface area contributed by atoms with E-state index in [4.69, 9.17) is 24.1 Å². The number of hydrogen-bond acceptors (Lipinski definition) is 6. The number of rotatable bonds is 4. The first-order valence-electron chi connectivity index (χ1n) is 18.9. The van der Waals surface area contributed by atoms with Gasteiger partial charge in [-0.25, -0.2) is 15.0 Å². The van der Waals surface area contributed by atoms with E-state index in [0.29, 0.717) is 17.5 Å². The molecule has 0 amide bonds. The summed E-state index contributed by atoms with van der Waals surface area (Å²) in [6.45, 7) is 2.26. The maximum atomic E-state index is 7.03. The number of para-hydroxylation sites is 1. The van der Waals surface area contributed by atoms with E-state index in [-0.39, 0.29) is 6.10 Å². The summed E-state index contributed by atoms with van der Waals surface area (Å²) in [5, 5.41) is 6.89. The van der Waals surface area contributed by atoms with Gasteiger partial charge in [-0.1, -0.05) is 115 Å². The number of ether oxygens (including phenoxy) is 1. The molecule has 0 radical (unpaired) electrons. The molecular formula is C50H31N3O2S. The first-order valence-corrected chi connectivity index (χ1v) is 19.7. The second kappa shape index (κ2) is 11.8. The summed E-state index contributed by atoms with van der Waals surface area (Å²) in [4.78, 5) is 16.0. The molecule has 56 heavy (non-hydrogen) atoms. The van der Waals surface area contributed by atoms with Gasteiger partial charge in [-0.05, 0) is 71.8 Å². The quantitative estimate of drug-likeness (QED) is 0.180. The summed E-state index contributed by atoms with van der Waals surface area (Å²) in [7, 11) is 0. The Labute approximate surface area is 325 Å². The molecule has 0 saturated heterocycles. The first-order chi connectivity index (χ1) is 27.6. The lowest BCUT2D eigenvalue weighted by molar-refractivity contribution is 0.229. The van der Waals surface area contributed by atoms with E-state index >= 15 is 0 Å². The normalized spacial score (nSPS) is 17.3. The van der Waals surface area contributed by atoms with E-state index in [0.717, 1.165) is 71.2 Å². The van der Waals surface area contributed by atoms with Gasteiger partial charge in [-0.3, -0.25) is 0 Å². The van der Waals surface area contributed by atoms with Crippen molar-refractivity contribution in [1.82, 2.24) is 15.0 Å². The first kappa shape index (κ1) is 31.5. The summed E-state index contributed by atoms with van der Waals surface area (Å²) in [5.41, 5.74) is 7.23. The molecule has 1 aliphatic carbocycles. The molecule has 7 aromatic carbocycles. The molecule has 1 aliphatic heterocycles. The predicted octanol–water partition coefficient (Wildman–Crippen LogP) is 13.1. The van der Waals surface area contributed by atoms with Crippen LogP contribution >= 0.6 is 11.3 Å². The lowest BCUT2D eigenvalue weighted by Crippen LogP contribution is -2.33. The van der Waals surface area contributed by atoms with Crippen LogP contribution in [-0.4, -0.2) is 21.1 Å². The van der Waals surface area contributed by atoms with E-state index in [1.165, 1.54) is 20.9 Å². The van der Waals surface area contributed by atoms with Crippen LogP contribution in [0.5, 0.6) is 5.75 Å². The molecule has 0 N–H and O–H groups in total. The van der Waals surface area contributed by atoms with E-state index in [9.17, 15) is 0 Å². The van der Waals surface area contributed by atoms with Crippen LogP contribution in [0.3, 0.4) is 0 Å². The zero-order chi connectivity index (χ0) is 37.0. The molecular weight excluding hydrogens is 707 g/mol. The van der Waals surface area contributed by atoms with Gasteiger partial charge >= 0.3 is 0 Å². The van der Waals surface area contributed by atoms with Crippen molar-refractivity contribution in [2.45, 2.75) is 18.4 Å². The minimum atomic E-state index is -0.469. The molecule has 0 saturated carbocycles. The van der Waals surface area contributed by atoms with Gasteiger partial charge in [-0.2, -0.15) is 0 Å². The van der Waals surface area contributed by atoms with Gasteiger partial charge in [-0.15, -0.1) is 11.3 Å². The van der Waals surface area contributed by atoms with Gasteiger partial charge in [0.15, 0.2) is 17.5 Å². The molecule has 0 fully saturated rings. The van der Waals surface area contributed by atoms with Gasteiger partial charge in [0.05, 0.1) is 5.41 Å². The zero-order valence-electron chi connectivity index (χ0n) is 30.2. The van der Waals surface area contributed by atoms with Crippen LogP contribution in [0.15, 0.2) is 168 Å². The smallest absolute Gasteiger partial charge is 0.165 e.